The molecule has 0 aromatic heterocycles. The van der Waals surface area contributed by atoms with Crippen LogP contribution < -0.4 is 0 Å². The van der Waals surface area contributed by atoms with Gasteiger partial charge in [-0.1, -0.05) is 18.2 Å². The summed E-state index contributed by atoms with van der Waals surface area (Å²) in [5, 5.41) is 0. The Morgan fingerprint density at radius 2 is 1.64 bits per heavy atom. The van der Waals surface area contributed by atoms with Gasteiger partial charge in [0.2, 0.25) is 0 Å². The van der Waals surface area contributed by atoms with Gasteiger partial charge >= 0.3 is 17.9 Å². The summed E-state index contributed by atoms with van der Waals surface area (Å²) < 4.78 is 36.2. The molecule has 0 saturated carbocycles. The number of phosphoric acid groups is 1. The van der Waals surface area contributed by atoms with Gasteiger partial charge in [0.15, 0.2) is 0 Å². The molecule has 0 aliphatic rings. The smallest absolute Gasteiger partial charge is 0.302 e. The van der Waals surface area contributed by atoms with Crippen LogP contribution in [0.3, 0.4) is 0 Å². The van der Waals surface area contributed by atoms with E-state index in [1.807, 2.05) is 0 Å². The highest BCUT2D eigenvalue weighted by molar-refractivity contribution is 7.90. The van der Waals surface area contributed by atoms with Crippen molar-refractivity contribution in [2.45, 2.75) is 4.90 Å². The first kappa shape index (κ1) is 11.4. The maximum absolute atomic E-state index is 11.1. The van der Waals surface area contributed by atoms with Crippen LogP contribution in [0, 0.1) is 0 Å². The lowest BCUT2D eigenvalue weighted by atomic mass is 10.4. The lowest BCUT2D eigenvalue weighted by molar-refractivity contribution is 0.285. The van der Waals surface area contributed by atoms with Gasteiger partial charge in [0.25, 0.3) is 0 Å². The quantitative estimate of drug-likeness (QED) is 0.743. The molecule has 1 aromatic carbocycles. The van der Waals surface area contributed by atoms with Crippen LogP contribution in [-0.4, -0.2) is 18.2 Å². The SMILES string of the molecule is O=P(O)(O)OS(=O)(=O)c1ccccc1. The summed E-state index contributed by atoms with van der Waals surface area (Å²) in [6.07, 6.45) is 0. The summed E-state index contributed by atoms with van der Waals surface area (Å²) in [6, 6.07) is 6.73. The summed E-state index contributed by atoms with van der Waals surface area (Å²) in [6.45, 7) is 0. The van der Waals surface area contributed by atoms with Gasteiger partial charge in [0, 0.05) is 0 Å². The standard InChI is InChI=1S/C6H7O6PS/c7-13(8,9)12-14(10,11)6-4-2-1-3-5-6/h1-5H,(H2,7,8,9). The summed E-state index contributed by atoms with van der Waals surface area (Å²) in [5.74, 6) is 0. The third kappa shape index (κ3) is 3.21. The van der Waals surface area contributed by atoms with Crippen LogP contribution >= 0.6 is 7.82 Å². The summed E-state index contributed by atoms with van der Waals surface area (Å²) >= 11 is 0. The minimum Gasteiger partial charge on any atom is -0.302 e. The van der Waals surface area contributed by atoms with Crippen molar-refractivity contribution >= 4 is 17.9 Å². The van der Waals surface area contributed by atoms with E-state index in [-0.39, 0.29) is 4.90 Å². The molecule has 0 bridgehead atoms. The highest BCUT2D eigenvalue weighted by atomic mass is 32.2. The Labute approximate surface area is 80.5 Å². The molecule has 8 heteroatoms. The average Bonchev–Trinajstić information content (AvgIpc) is 2.01. The molecule has 0 aliphatic carbocycles. The van der Waals surface area contributed by atoms with Crippen LogP contribution in [0.25, 0.3) is 0 Å². The van der Waals surface area contributed by atoms with E-state index in [1.165, 1.54) is 24.3 Å². The Bertz CT molecular complexity index is 446. The van der Waals surface area contributed by atoms with Gasteiger partial charge in [-0.05, 0) is 12.1 Å². The normalized spacial score (nSPS) is 12.7. The molecule has 6 nitrogen and oxygen atoms in total. The number of benzene rings is 1. The molecule has 2 N–H and O–H groups in total. The fraction of sp³-hybridized carbons (Fsp3) is 0. The first-order valence-electron chi connectivity index (χ1n) is 3.38. The second kappa shape index (κ2) is 3.80. The fourth-order valence-electron chi connectivity index (χ4n) is 0.758. The van der Waals surface area contributed by atoms with Crippen molar-refractivity contribution in [3.63, 3.8) is 0 Å². The van der Waals surface area contributed by atoms with Gasteiger partial charge < -0.3 is 9.79 Å². The largest absolute Gasteiger partial charge is 0.484 e. The van der Waals surface area contributed by atoms with E-state index in [9.17, 15) is 13.0 Å². The highest BCUT2D eigenvalue weighted by Gasteiger charge is 2.26. The molecule has 0 fully saturated rings. The molecule has 0 radical (unpaired) electrons. The Kier molecular flexibility index (Phi) is 3.08. The van der Waals surface area contributed by atoms with Crippen molar-refractivity contribution in [3.05, 3.63) is 30.3 Å². The molecule has 0 unspecified atom stereocenters. The van der Waals surface area contributed by atoms with Gasteiger partial charge in [-0.25, -0.2) is 4.57 Å². The minimum absolute atomic E-state index is 0.302. The molecular formula is C6H7O6PS. The monoisotopic (exact) mass is 238 g/mol. The highest BCUT2D eigenvalue weighted by Crippen LogP contribution is 2.39. The number of hydrogen-bond donors (Lipinski definition) is 2. The van der Waals surface area contributed by atoms with Crippen LogP contribution in [0.2, 0.25) is 0 Å². The van der Waals surface area contributed by atoms with E-state index >= 15 is 0 Å². The van der Waals surface area contributed by atoms with Crippen molar-refractivity contribution in [2.24, 2.45) is 0 Å². The average molecular weight is 238 g/mol. The Morgan fingerprint density at radius 1 is 1.14 bits per heavy atom. The van der Waals surface area contributed by atoms with Crippen molar-refractivity contribution in [1.29, 1.82) is 0 Å². The number of rotatable bonds is 3. The lowest BCUT2D eigenvalue weighted by Gasteiger charge is -2.05. The van der Waals surface area contributed by atoms with Gasteiger partial charge in [-0.15, -0.1) is 0 Å². The van der Waals surface area contributed by atoms with E-state index in [0.717, 1.165) is 0 Å². The van der Waals surface area contributed by atoms with E-state index in [1.54, 1.807) is 6.07 Å². The molecule has 0 aliphatic heterocycles. The zero-order valence-electron chi connectivity index (χ0n) is 6.77. The first-order chi connectivity index (χ1) is 6.31. The fourth-order valence-corrected chi connectivity index (χ4v) is 2.62. The Morgan fingerprint density at radius 3 is 2.07 bits per heavy atom. The van der Waals surface area contributed by atoms with Crippen molar-refractivity contribution in [3.8, 4) is 0 Å². The van der Waals surface area contributed by atoms with Crippen LogP contribution in [0.4, 0.5) is 0 Å². The predicted molar refractivity (Wildman–Crippen MR) is 46.8 cm³/mol. The summed E-state index contributed by atoms with van der Waals surface area (Å²) in [7, 11) is -9.42. The Balaban J connectivity index is 3.05. The Hall–Kier alpha value is -0.720. The first-order valence-corrected chi connectivity index (χ1v) is 6.32. The van der Waals surface area contributed by atoms with Gasteiger partial charge in [-0.3, -0.25) is 0 Å². The second-order valence-electron chi connectivity index (χ2n) is 2.33. The minimum atomic E-state index is -5.04. The van der Waals surface area contributed by atoms with E-state index in [4.69, 9.17) is 9.79 Å². The number of hydrogen-bond acceptors (Lipinski definition) is 4. The maximum Gasteiger partial charge on any atom is 0.484 e. The van der Waals surface area contributed by atoms with Crippen molar-refractivity contribution in [2.75, 3.05) is 0 Å². The summed E-state index contributed by atoms with van der Waals surface area (Å²) in [4.78, 5) is 16.3. The topological polar surface area (TPSA) is 101 Å². The van der Waals surface area contributed by atoms with Crippen LogP contribution in [0.15, 0.2) is 35.2 Å². The molecule has 0 atom stereocenters. The molecule has 0 heterocycles. The summed E-state index contributed by atoms with van der Waals surface area (Å²) in [5.41, 5.74) is 0. The maximum atomic E-state index is 11.1. The van der Waals surface area contributed by atoms with E-state index < -0.39 is 17.9 Å². The van der Waals surface area contributed by atoms with Crippen molar-refractivity contribution < 1.29 is 26.7 Å². The molecule has 0 spiro atoms. The van der Waals surface area contributed by atoms with E-state index in [0.29, 0.717) is 0 Å². The molecule has 14 heavy (non-hydrogen) atoms. The molecule has 1 rings (SSSR count). The predicted octanol–water partition coefficient (Wildman–Crippen LogP) is 0.485. The third-order valence-electron chi connectivity index (χ3n) is 1.23. The van der Waals surface area contributed by atoms with Gasteiger partial charge in [-0.2, -0.15) is 12.4 Å². The van der Waals surface area contributed by atoms with Gasteiger partial charge in [0.05, 0.1) is 4.90 Å². The zero-order valence-corrected chi connectivity index (χ0v) is 8.48. The molecular weight excluding hydrogens is 231 g/mol. The molecule has 78 valence electrons. The van der Waals surface area contributed by atoms with Gasteiger partial charge in [0.1, 0.15) is 0 Å². The van der Waals surface area contributed by atoms with Crippen LogP contribution in [-0.2, 0) is 18.7 Å². The lowest BCUT2D eigenvalue weighted by Crippen LogP contribution is -2.04. The van der Waals surface area contributed by atoms with Crippen molar-refractivity contribution in [1.82, 2.24) is 0 Å². The molecule has 1 aromatic rings. The van der Waals surface area contributed by atoms with E-state index in [2.05, 4.69) is 3.97 Å². The third-order valence-corrected chi connectivity index (χ3v) is 3.64. The molecule has 0 amide bonds. The second-order valence-corrected chi connectivity index (χ2v) is 5.29. The van der Waals surface area contributed by atoms with Crippen LogP contribution in [0.1, 0.15) is 0 Å². The zero-order chi connectivity index (χ0) is 10.8. The van der Waals surface area contributed by atoms with Crippen LogP contribution in [0.5, 0.6) is 0 Å². The molecule has 0 saturated heterocycles.